The van der Waals surface area contributed by atoms with Gasteiger partial charge in [-0.05, 0) is 69.4 Å². The number of ether oxygens (including phenoxy) is 1. The lowest BCUT2D eigenvalue weighted by atomic mass is 9.94. The Bertz CT molecular complexity index is 1190. The first-order valence-corrected chi connectivity index (χ1v) is 13.4. The second-order valence-electron chi connectivity index (χ2n) is 11.0. The number of phenolic OH excluding ortho intramolecular Hbond substituents is 1. The third-order valence-corrected chi connectivity index (χ3v) is 6.64. The summed E-state index contributed by atoms with van der Waals surface area (Å²) in [4.78, 5) is 41.5. The highest BCUT2D eigenvalue weighted by Crippen LogP contribution is 2.28. The number of aryl methyl sites for hydroxylation is 1. The normalized spacial score (nSPS) is 15.4. The summed E-state index contributed by atoms with van der Waals surface area (Å²) in [6, 6.07) is 14.0. The van der Waals surface area contributed by atoms with Crippen molar-refractivity contribution in [1.82, 2.24) is 15.5 Å². The zero-order valence-corrected chi connectivity index (χ0v) is 23.2. The van der Waals surface area contributed by atoms with Crippen molar-refractivity contribution in [2.24, 2.45) is 0 Å². The Balaban J connectivity index is 1.97. The fourth-order valence-electron chi connectivity index (χ4n) is 4.73. The Morgan fingerprint density at radius 1 is 1.10 bits per heavy atom. The van der Waals surface area contributed by atoms with Crippen molar-refractivity contribution in [3.8, 4) is 18.2 Å². The van der Waals surface area contributed by atoms with Crippen molar-refractivity contribution in [2.45, 2.75) is 89.9 Å². The Morgan fingerprint density at radius 2 is 1.77 bits per heavy atom. The first kappa shape index (κ1) is 29.6. The van der Waals surface area contributed by atoms with Crippen LogP contribution in [0.15, 0.2) is 48.5 Å². The zero-order chi connectivity index (χ0) is 28.6. The summed E-state index contributed by atoms with van der Waals surface area (Å²) in [5, 5.41) is 15.8. The molecule has 0 spiro atoms. The third-order valence-electron chi connectivity index (χ3n) is 6.64. The monoisotopic (exact) mass is 533 g/mol. The van der Waals surface area contributed by atoms with E-state index in [0.29, 0.717) is 11.1 Å². The largest absolute Gasteiger partial charge is 0.508 e. The minimum atomic E-state index is -1.16. The highest BCUT2D eigenvalue weighted by atomic mass is 16.6. The summed E-state index contributed by atoms with van der Waals surface area (Å²) in [6.45, 7) is 6.90. The Kier molecular flexibility index (Phi) is 10.00. The first-order chi connectivity index (χ1) is 18.5. The van der Waals surface area contributed by atoms with E-state index in [2.05, 4.69) is 16.7 Å². The fraction of sp³-hybridized carbons (Fsp3) is 0.452. The van der Waals surface area contributed by atoms with Gasteiger partial charge in [0, 0.05) is 18.5 Å². The maximum atomic E-state index is 14.0. The molecular formula is C31H39N3O5. The number of amides is 3. The molecule has 39 heavy (non-hydrogen) atoms. The van der Waals surface area contributed by atoms with Crippen LogP contribution in [-0.2, 0) is 20.7 Å². The molecule has 2 aromatic rings. The van der Waals surface area contributed by atoms with Gasteiger partial charge in [-0.1, -0.05) is 62.1 Å². The van der Waals surface area contributed by atoms with Crippen LogP contribution >= 0.6 is 0 Å². The molecule has 3 rings (SSSR count). The molecule has 2 aromatic carbocycles. The quantitative estimate of drug-likeness (QED) is 0.335. The molecule has 3 amide bonds. The van der Waals surface area contributed by atoms with Crippen LogP contribution in [0.2, 0.25) is 0 Å². The van der Waals surface area contributed by atoms with Crippen molar-refractivity contribution in [1.29, 1.82) is 0 Å². The summed E-state index contributed by atoms with van der Waals surface area (Å²) >= 11 is 0. The van der Waals surface area contributed by atoms with Gasteiger partial charge in [0.1, 0.15) is 23.4 Å². The number of benzene rings is 2. The summed E-state index contributed by atoms with van der Waals surface area (Å²) in [6.07, 6.45) is 10.1. The van der Waals surface area contributed by atoms with Gasteiger partial charge in [-0.15, -0.1) is 0 Å². The Morgan fingerprint density at radius 3 is 2.36 bits per heavy atom. The summed E-state index contributed by atoms with van der Waals surface area (Å²) in [7, 11) is 0. The standard InChI is InChI=1S/C31H39N3O5/c1-6-34(29(37)25(20-22-13-9-7-10-14-22)33-30(38)39-31(3,4)5)27(23-17-18-26(35)21(2)19-23)28(36)32-24-15-11-8-12-16-24/h1,7,9-10,13-14,17-19,24-25,27,35H,8,11-12,15-16,20H2,2-5H3,(H,32,36)(H,33,38). The molecule has 0 saturated heterocycles. The first-order valence-electron chi connectivity index (χ1n) is 13.4. The van der Waals surface area contributed by atoms with Crippen LogP contribution in [0.1, 0.15) is 75.6 Å². The predicted molar refractivity (Wildman–Crippen MR) is 150 cm³/mol. The van der Waals surface area contributed by atoms with Crippen molar-refractivity contribution in [3.63, 3.8) is 0 Å². The molecule has 3 N–H and O–H groups in total. The van der Waals surface area contributed by atoms with Gasteiger partial charge < -0.3 is 20.5 Å². The lowest BCUT2D eigenvalue weighted by Gasteiger charge is -2.32. The van der Waals surface area contributed by atoms with Gasteiger partial charge in [-0.2, -0.15) is 0 Å². The highest BCUT2D eigenvalue weighted by Gasteiger charge is 2.37. The van der Waals surface area contributed by atoms with Crippen LogP contribution in [0.3, 0.4) is 0 Å². The van der Waals surface area contributed by atoms with Crippen molar-refractivity contribution >= 4 is 17.9 Å². The summed E-state index contributed by atoms with van der Waals surface area (Å²) in [5.74, 6) is -0.965. The molecular weight excluding hydrogens is 494 g/mol. The number of aromatic hydroxyl groups is 1. The van der Waals surface area contributed by atoms with Crippen LogP contribution in [0.4, 0.5) is 4.79 Å². The van der Waals surface area contributed by atoms with Crippen molar-refractivity contribution in [3.05, 3.63) is 65.2 Å². The van der Waals surface area contributed by atoms with E-state index in [9.17, 15) is 19.5 Å². The van der Waals surface area contributed by atoms with E-state index in [-0.39, 0.29) is 18.2 Å². The molecule has 1 aliphatic carbocycles. The molecule has 208 valence electrons. The molecule has 2 unspecified atom stereocenters. The number of terminal acetylenes is 1. The molecule has 0 heterocycles. The number of nitrogens with one attached hydrogen (secondary N) is 2. The van der Waals surface area contributed by atoms with Gasteiger partial charge in [0.2, 0.25) is 5.91 Å². The van der Waals surface area contributed by atoms with Crippen LogP contribution in [-0.4, -0.2) is 45.6 Å². The number of hydrogen-bond donors (Lipinski definition) is 3. The van der Waals surface area contributed by atoms with Gasteiger partial charge in [-0.3, -0.25) is 14.5 Å². The van der Waals surface area contributed by atoms with Crippen LogP contribution < -0.4 is 10.6 Å². The molecule has 2 atom stereocenters. The van der Waals surface area contributed by atoms with E-state index in [0.717, 1.165) is 42.6 Å². The number of nitrogens with zero attached hydrogens (tertiary/aromatic N) is 1. The maximum absolute atomic E-state index is 14.0. The lowest BCUT2D eigenvalue weighted by Crippen LogP contribution is -2.53. The molecule has 0 radical (unpaired) electrons. The fourth-order valence-corrected chi connectivity index (χ4v) is 4.73. The number of alkyl carbamates (subject to hydrolysis) is 1. The van der Waals surface area contributed by atoms with E-state index in [4.69, 9.17) is 11.2 Å². The Hall–Kier alpha value is -3.99. The van der Waals surface area contributed by atoms with Gasteiger partial charge in [0.15, 0.2) is 0 Å². The molecule has 1 saturated carbocycles. The summed E-state index contributed by atoms with van der Waals surface area (Å²) in [5.41, 5.74) is 1.02. The van der Waals surface area contributed by atoms with Crippen LogP contribution in [0.5, 0.6) is 5.75 Å². The SMILES string of the molecule is C#CN(C(=O)C(Cc1ccccc1)NC(=O)OC(C)(C)C)C(C(=O)NC1CCCCC1)c1ccc(O)c(C)c1. The molecule has 0 aliphatic heterocycles. The summed E-state index contributed by atoms with van der Waals surface area (Å²) < 4.78 is 5.41. The molecule has 1 fully saturated rings. The van der Waals surface area contributed by atoms with E-state index in [1.807, 2.05) is 30.3 Å². The minimum absolute atomic E-state index is 0.0123. The number of phenols is 1. The zero-order valence-electron chi connectivity index (χ0n) is 23.2. The number of rotatable bonds is 8. The van der Waals surface area contributed by atoms with E-state index >= 15 is 0 Å². The molecule has 0 bridgehead atoms. The Labute approximate surface area is 231 Å². The number of hydrogen-bond acceptors (Lipinski definition) is 5. The second kappa shape index (κ2) is 13.2. The van der Waals surface area contributed by atoms with E-state index in [1.165, 1.54) is 6.07 Å². The lowest BCUT2D eigenvalue weighted by molar-refractivity contribution is -0.139. The maximum Gasteiger partial charge on any atom is 0.408 e. The van der Waals surface area contributed by atoms with Gasteiger partial charge >= 0.3 is 6.09 Å². The molecule has 8 nitrogen and oxygen atoms in total. The molecule has 8 heteroatoms. The van der Waals surface area contributed by atoms with Crippen LogP contribution in [0.25, 0.3) is 0 Å². The van der Waals surface area contributed by atoms with Gasteiger partial charge in [0.05, 0.1) is 0 Å². The topological polar surface area (TPSA) is 108 Å². The van der Waals surface area contributed by atoms with Crippen molar-refractivity contribution in [2.75, 3.05) is 0 Å². The number of carbonyl (C=O) groups excluding carboxylic acids is 3. The number of carbonyl (C=O) groups is 3. The van der Waals surface area contributed by atoms with Gasteiger partial charge in [0.25, 0.3) is 5.91 Å². The van der Waals surface area contributed by atoms with Crippen LogP contribution in [0, 0.1) is 19.4 Å². The molecule has 0 aromatic heterocycles. The van der Waals surface area contributed by atoms with E-state index < -0.39 is 35.6 Å². The molecule has 1 aliphatic rings. The predicted octanol–water partition coefficient (Wildman–Crippen LogP) is 4.75. The van der Waals surface area contributed by atoms with Crippen molar-refractivity contribution < 1.29 is 24.2 Å². The second-order valence-corrected chi connectivity index (χ2v) is 11.0. The minimum Gasteiger partial charge on any atom is -0.508 e. The average Bonchev–Trinajstić information content (AvgIpc) is 2.88. The average molecular weight is 534 g/mol. The third kappa shape index (κ3) is 8.51. The highest BCUT2D eigenvalue weighted by molar-refractivity contribution is 5.93. The smallest absolute Gasteiger partial charge is 0.408 e. The van der Waals surface area contributed by atoms with E-state index in [1.54, 1.807) is 39.8 Å². The van der Waals surface area contributed by atoms with Gasteiger partial charge in [-0.25, -0.2) is 4.79 Å².